The summed E-state index contributed by atoms with van der Waals surface area (Å²) < 4.78 is 7.16. The van der Waals surface area contributed by atoms with Crippen LogP contribution in [0.2, 0.25) is 0 Å². The molecule has 1 aliphatic rings. The number of likely N-dealkylation sites (tertiary alicyclic amines) is 1. The van der Waals surface area contributed by atoms with E-state index in [0.29, 0.717) is 6.54 Å². The third-order valence-electron chi connectivity index (χ3n) is 4.72. The van der Waals surface area contributed by atoms with Gasteiger partial charge in [0.05, 0.1) is 6.04 Å². The monoisotopic (exact) mass is 351 g/mol. The maximum atomic E-state index is 12.7. The SMILES string of the molecule is Cc1cc([C@@H]2CCCN2C(=O)Nc2ccc(-n3ccnc3C)cc2)no1. The summed E-state index contributed by atoms with van der Waals surface area (Å²) in [7, 11) is 0. The number of hydrogen-bond acceptors (Lipinski definition) is 4. The highest BCUT2D eigenvalue weighted by molar-refractivity contribution is 5.89. The van der Waals surface area contributed by atoms with Crippen molar-refractivity contribution in [3.63, 3.8) is 0 Å². The molecule has 1 fully saturated rings. The number of imidazole rings is 1. The molecule has 1 N–H and O–H groups in total. The molecule has 2 aromatic heterocycles. The molecule has 1 aromatic carbocycles. The Labute approximate surface area is 151 Å². The molecule has 1 saturated heterocycles. The Hall–Kier alpha value is -3.09. The van der Waals surface area contributed by atoms with Crippen LogP contribution in [0, 0.1) is 13.8 Å². The molecule has 0 radical (unpaired) electrons. The summed E-state index contributed by atoms with van der Waals surface area (Å²) in [6, 6.07) is 9.49. The van der Waals surface area contributed by atoms with E-state index in [-0.39, 0.29) is 12.1 Å². The number of aromatic nitrogens is 3. The summed E-state index contributed by atoms with van der Waals surface area (Å²) in [6.07, 6.45) is 5.54. The molecule has 0 bridgehead atoms. The van der Waals surface area contributed by atoms with Crippen LogP contribution in [-0.2, 0) is 0 Å². The normalized spacial score (nSPS) is 16.8. The summed E-state index contributed by atoms with van der Waals surface area (Å²) in [4.78, 5) is 18.8. The second-order valence-electron chi connectivity index (χ2n) is 6.54. The lowest BCUT2D eigenvalue weighted by molar-refractivity contribution is 0.204. The first kappa shape index (κ1) is 16.4. The number of urea groups is 1. The zero-order chi connectivity index (χ0) is 18.1. The van der Waals surface area contributed by atoms with Crippen LogP contribution in [0.15, 0.2) is 47.2 Å². The van der Waals surface area contributed by atoms with E-state index in [4.69, 9.17) is 4.52 Å². The molecule has 0 unspecified atom stereocenters. The van der Waals surface area contributed by atoms with Gasteiger partial charge in [0.25, 0.3) is 0 Å². The lowest BCUT2D eigenvalue weighted by Crippen LogP contribution is -2.34. The number of rotatable bonds is 3. The number of nitrogens with zero attached hydrogens (tertiary/aromatic N) is 4. The number of amides is 2. The predicted molar refractivity (Wildman–Crippen MR) is 97.2 cm³/mol. The Morgan fingerprint density at radius 1 is 1.27 bits per heavy atom. The Morgan fingerprint density at radius 2 is 2.08 bits per heavy atom. The predicted octanol–water partition coefficient (Wildman–Crippen LogP) is 3.85. The first-order valence-electron chi connectivity index (χ1n) is 8.73. The number of carbonyl (C=O) groups is 1. The number of anilines is 1. The molecule has 7 heteroatoms. The number of hydrogen-bond donors (Lipinski definition) is 1. The first-order valence-corrected chi connectivity index (χ1v) is 8.73. The highest BCUT2D eigenvalue weighted by atomic mass is 16.5. The van der Waals surface area contributed by atoms with Crippen LogP contribution >= 0.6 is 0 Å². The average Bonchev–Trinajstić information content (AvgIpc) is 3.36. The standard InChI is InChI=1S/C19H21N5O2/c1-13-12-17(22-26-13)18-4-3-10-24(18)19(25)21-15-5-7-16(8-6-15)23-11-9-20-14(23)2/h5-9,11-12,18H,3-4,10H2,1-2H3,(H,21,25)/t18-/m0/s1. The van der Waals surface area contributed by atoms with Gasteiger partial charge in [-0.25, -0.2) is 9.78 Å². The van der Waals surface area contributed by atoms with Crippen molar-refractivity contribution in [2.75, 3.05) is 11.9 Å². The van der Waals surface area contributed by atoms with Crippen LogP contribution in [0.5, 0.6) is 0 Å². The van der Waals surface area contributed by atoms with E-state index in [1.165, 1.54) is 0 Å². The van der Waals surface area contributed by atoms with Crippen LogP contribution in [0.4, 0.5) is 10.5 Å². The molecule has 4 rings (SSSR count). The molecule has 0 saturated carbocycles. The molecular weight excluding hydrogens is 330 g/mol. The fourth-order valence-corrected chi connectivity index (χ4v) is 3.41. The van der Waals surface area contributed by atoms with Crippen molar-refractivity contribution in [3.05, 3.63) is 60.0 Å². The van der Waals surface area contributed by atoms with Gasteiger partial charge in [0, 0.05) is 36.4 Å². The molecule has 7 nitrogen and oxygen atoms in total. The lowest BCUT2D eigenvalue weighted by atomic mass is 10.1. The Kier molecular flexibility index (Phi) is 4.20. The molecule has 3 aromatic rings. The molecule has 26 heavy (non-hydrogen) atoms. The Bertz CT molecular complexity index is 912. The van der Waals surface area contributed by atoms with Gasteiger partial charge in [-0.2, -0.15) is 0 Å². The van der Waals surface area contributed by atoms with E-state index in [9.17, 15) is 4.79 Å². The molecule has 2 amide bonds. The van der Waals surface area contributed by atoms with Crippen molar-refractivity contribution >= 4 is 11.7 Å². The molecule has 0 aliphatic carbocycles. The van der Waals surface area contributed by atoms with E-state index in [2.05, 4.69) is 15.5 Å². The Balaban J connectivity index is 1.46. The lowest BCUT2D eigenvalue weighted by Gasteiger charge is -2.23. The molecule has 134 valence electrons. The van der Waals surface area contributed by atoms with Crippen molar-refractivity contribution < 1.29 is 9.32 Å². The van der Waals surface area contributed by atoms with Crippen molar-refractivity contribution in [3.8, 4) is 5.69 Å². The zero-order valence-electron chi connectivity index (χ0n) is 14.8. The highest BCUT2D eigenvalue weighted by Crippen LogP contribution is 2.32. The third kappa shape index (κ3) is 3.08. The average molecular weight is 351 g/mol. The minimum atomic E-state index is -0.111. The van der Waals surface area contributed by atoms with E-state index >= 15 is 0 Å². The molecular formula is C19H21N5O2. The number of nitrogens with one attached hydrogen (secondary N) is 1. The second kappa shape index (κ2) is 6.67. The van der Waals surface area contributed by atoms with Gasteiger partial charge in [-0.05, 0) is 51.0 Å². The van der Waals surface area contributed by atoms with E-state index in [0.717, 1.165) is 41.5 Å². The van der Waals surface area contributed by atoms with Crippen molar-refractivity contribution in [2.24, 2.45) is 0 Å². The molecule has 0 spiro atoms. The van der Waals surface area contributed by atoms with Crippen molar-refractivity contribution in [1.82, 2.24) is 19.6 Å². The molecule has 1 atom stereocenters. The summed E-state index contributed by atoms with van der Waals surface area (Å²) in [5.74, 6) is 1.68. The van der Waals surface area contributed by atoms with Gasteiger partial charge in [0.15, 0.2) is 0 Å². The third-order valence-corrected chi connectivity index (χ3v) is 4.72. The smallest absolute Gasteiger partial charge is 0.322 e. The van der Waals surface area contributed by atoms with Crippen LogP contribution in [-0.4, -0.2) is 32.2 Å². The molecule has 3 heterocycles. The number of carbonyl (C=O) groups excluding carboxylic acids is 1. The van der Waals surface area contributed by atoms with Crippen molar-refractivity contribution in [1.29, 1.82) is 0 Å². The Morgan fingerprint density at radius 3 is 2.73 bits per heavy atom. The van der Waals surface area contributed by atoms with Crippen molar-refractivity contribution in [2.45, 2.75) is 32.7 Å². The van der Waals surface area contributed by atoms with Gasteiger partial charge in [0.1, 0.15) is 17.3 Å². The van der Waals surface area contributed by atoms with Gasteiger partial charge >= 0.3 is 6.03 Å². The van der Waals surface area contributed by atoms with Gasteiger partial charge in [-0.3, -0.25) is 0 Å². The van der Waals surface area contributed by atoms with Gasteiger partial charge in [-0.15, -0.1) is 0 Å². The molecule has 1 aliphatic heterocycles. The van der Waals surface area contributed by atoms with Gasteiger partial charge < -0.3 is 19.3 Å². The second-order valence-corrected chi connectivity index (χ2v) is 6.54. The van der Waals surface area contributed by atoms with E-state index < -0.39 is 0 Å². The van der Waals surface area contributed by atoms with Crippen LogP contribution in [0.25, 0.3) is 5.69 Å². The summed E-state index contributed by atoms with van der Waals surface area (Å²) >= 11 is 0. The van der Waals surface area contributed by atoms with Gasteiger partial charge in [-0.1, -0.05) is 5.16 Å². The fraction of sp³-hybridized carbons (Fsp3) is 0.316. The first-order chi connectivity index (χ1) is 12.6. The summed E-state index contributed by atoms with van der Waals surface area (Å²) in [5, 5.41) is 7.06. The number of benzene rings is 1. The number of aryl methyl sites for hydroxylation is 2. The topological polar surface area (TPSA) is 76.2 Å². The zero-order valence-corrected chi connectivity index (χ0v) is 14.8. The van der Waals surface area contributed by atoms with Crippen LogP contribution < -0.4 is 5.32 Å². The van der Waals surface area contributed by atoms with E-state index in [1.807, 2.05) is 59.8 Å². The maximum Gasteiger partial charge on any atom is 0.322 e. The fourth-order valence-electron chi connectivity index (χ4n) is 3.41. The van der Waals surface area contributed by atoms with Gasteiger partial charge in [0.2, 0.25) is 0 Å². The van der Waals surface area contributed by atoms with Crippen LogP contribution in [0.3, 0.4) is 0 Å². The van der Waals surface area contributed by atoms with E-state index in [1.54, 1.807) is 6.20 Å². The minimum Gasteiger partial charge on any atom is -0.361 e. The maximum absolute atomic E-state index is 12.7. The summed E-state index contributed by atoms with van der Waals surface area (Å²) in [6.45, 7) is 4.53. The summed E-state index contributed by atoms with van der Waals surface area (Å²) in [5.41, 5.74) is 2.59. The largest absolute Gasteiger partial charge is 0.361 e. The van der Waals surface area contributed by atoms with Crippen LogP contribution in [0.1, 0.15) is 36.2 Å². The highest BCUT2D eigenvalue weighted by Gasteiger charge is 2.32. The quantitative estimate of drug-likeness (QED) is 0.778. The minimum absolute atomic E-state index is 0.0275.